The van der Waals surface area contributed by atoms with Crippen molar-refractivity contribution >= 4 is 22.8 Å². The third-order valence-electron chi connectivity index (χ3n) is 7.79. The number of hydrogen-bond donors (Lipinski definition) is 3. The van der Waals surface area contributed by atoms with Crippen molar-refractivity contribution in [3.8, 4) is 5.75 Å². The Labute approximate surface area is 229 Å². The summed E-state index contributed by atoms with van der Waals surface area (Å²) < 4.78 is 17.4. The van der Waals surface area contributed by atoms with Gasteiger partial charge in [-0.1, -0.05) is 36.4 Å². The van der Waals surface area contributed by atoms with E-state index >= 15 is 0 Å². The molecule has 0 radical (unpaired) electrons. The molecule has 10 heteroatoms. The molecule has 3 N–H and O–H groups in total. The summed E-state index contributed by atoms with van der Waals surface area (Å²) in [5.74, 6) is -1.10. The van der Waals surface area contributed by atoms with Crippen LogP contribution in [-0.2, 0) is 9.53 Å². The van der Waals surface area contributed by atoms with Gasteiger partial charge in [0.2, 0.25) is 5.91 Å². The summed E-state index contributed by atoms with van der Waals surface area (Å²) in [7, 11) is 0. The number of carbonyl (C=O) groups is 2. The number of aliphatic hydroxyl groups is 2. The molecule has 3 aliphatic rings. The summed E-state index contributed by atoms with van der Waals surface area (Å²) in [5, 5.41) is 24.3. The van der Waals surface area contributed by atoms with Gasteiger partial charge in [0.25, 0.3) is 5.91 Å². The van der Waals surface area contributed by atoms with Crippen LogP contribution in [-0.4, -0.2) is 77.6 Å². The van der Waals surface area contributed by atoms with Gasteiger partial charge in [0.05, 0.1) is 24.7 Å². The van der Waals surface area contributed by atoms with Crippen molar-refractivity contribution in [2.45, 2.75) is 43.1 Å². The smallest absolute Gasteiger partial charge is 0.349 e. The molecule has 0 bridgehead atoms. The molecule has 6 rings (SSSR count). The number of hydrogen-bond acceptors (Lipinski definition) is 8. The minimum absolute atomic E-state index is 0.0416. The summed E-state index contributed by atoms with van der Waals surface area (Å²) >= 11 is 0. The van der Waals surface area contributed by atoms with E-state index in [4.69, 9.17) is 13.9 Å². The van der Waals surface area contributed by atoms with Gasteiger partial charge in [0.1, 0.15) is 29.1 Å². The van der Waals surface area contributed by atoms with Crippen LogP contribution >= 0.6 is 0 Å². The highest BCUT2D eigenvalue weighted by molar-refractivity contribution is 5.98. The summed E-state index contributed by atoms with van der Waals surface area (Å²) in [5.41, 5.74) is 0.451. The molecule has 2 amide bonds. The Hall–Kier alpha value is -3.99. The molecule has 2 aromatic carbocycles. The number of carbonyl (C=O) groups excluding carboxylic acids is 2. The monoisotopic (exact) mass is 546 g/mol. The van der Waals surface area contributed by atoms with Gasteiger partial charge in [-0.15, -0.1) is 0 Å². The molecule has 3 heterocycles. The van der Waals surface area contributed by atoms with Crippen LogP contribution in [0.5, 0.6) is 5.75 Å². The van der Waals surface area contributed by atoms with Crippen molar-refractivity contribution in [3.63, 3.8) is 0 Å². The predicted octanol–water partition coefficient (Wildman–Crippen LogP) is 1.74. The first-order chi connectivity index (χ1) is 19.5. The number of ether oxygens (including phenoxy) is 2. The van der Waals surface area contributed by atoms with Crippen molar-refractivity contribution in [2.24, 2.45) is 0 Å². The first kappa shape index (κ1) is 26.2. The minimum Gasteiger partial charge on any atom is -0.486 e. The molecule has 1 aliphatic carbocycles. The van der Waals surface area contributed by atoms with E-state index in [0.29, 0.717) is 35.3 Å². The normalized spacial score (nSPS) is 25.1. The molecule has 40 heavy (non-hydrogen) atoms. The number of nitrogens with one attached hydrogen (secondary N) is 1. The molecule has 1 aromatic heterocycles. The van der Waals surface area contributed by atoms with Crippen LogP contribution in [0.3, 0.4) is 0 Å². The molecule has 1 fully saturated rings. The Balaban J connectivity index is 1.44. The van der Waals surface area contributed by atoms with Crippen molar-refractivity contribution in [1.29, 1.82) is 0 Å². The number of benzene rings is 2. The summed E-state index contributed by atoms with van der Waals surface area (Å²) in [4.78, 5) is 41.8. The molecule has 10 nitrogen and oxygen atoms in total. The maximum atomic E-state index is 14.1. The molecule has 0 saturated carbocycles. The number of rotatable bonds is 7. The Morgan fingerprint density at radius 1 is 1.10 bits per heavy atom. The highest BCUT2D eigenvalue weighted by Gasteiger charge is 2.51. The lowest BCUT2D eigenvalue weighted by Crippen LogP contribution is -2.57. The summed E-state index contributed by atoms with van der Waals surface area (Å²) in [6.07, 6.45) is 0.745. The van der Waals surface area contributed by atoms with Crippen LogP contribution in [0.2, 0.25) is 0 Å². The van der Waals surface area contributed by atoms with E-state index in [1.54, 1.807) is 36.4 Å². The number of para-hydroxylation sites is 2. The van der Waals surface area contributed by atoms with E-state index in [-0.39, 0.29) is 31.4 Å². The van der Waals surface area contributed by atoms with Gasteiger partial charge in [-0.3, -0.25) is 9.59 Å². The second-order valence-electron chi connectivity index (χ2n) is 10.3. The lowest BCUT2D eigenvalue weighted by molar-refractivity contribution is -0.118. The average Bonchev–Trinajstić information content (AvgIpc) is 3.63. The number of amides is 2. The fourth-order valence-corrected chi connectivity index (χ4v) is 5.90. The lowest BCUT2D eigenvalue weighted by Gasteiger charge is -2.41. The Morgan fingerprint density at radius 3 is 2.70 bits per heavy atom. The van der Waals surface area contributed by atoms with Gasteiger partial charge >= 0.3 is 5.63 Å². The van der Waals surface area contributed by atoms with Gasteiger partial charge in [-0.25, -0.2) is 4.79 Å². The Bertz CT molecular complexity index is 1530. The topological polar surface area (TPSA) is 139 Å². The van der Waals surface area contributed by atoms with E-state index in [1.165, 1.54) is 11.0 Å². The second-order valence-corrected chi connectivity index (χ2v) is 10.3. The molecular weight excluding hydrogens is 516 g/mol. The van der Waals surface area contributed by atoms with Crippen molar-refractivity contribution in [1.82, 2.24) is 10.2 Å². The van der Waals surface area contributed by atoms with Crippen LogP contribution in [0.4, 0.5) is 0 Å². The summed E-state index contributed by atoms with van der Waals surface area (Å²) in [6, 6.07) is 14.6. The van der Waals surface area contributed by atoms with E-state index in [9.17, 15) is 24.6 Å². The third kappa shape index (κ3) is 4.68. The van der Waals surface area contributed by atoms with Crippen LogP contribution in [0.1, 0.15) is 34.7 Å². The van der Waals surface area contributed by atoms with Crippen LogP contribution in [0, 0.1) is 0 Å². The quantitative estimate of drug-likeness (QED) is 0.381. The van der Waals surface area contributed by atoms with Gasteiger partial charge in [0, 0.05) is 36.2 Å². The highest BCUT2D eigenvalue weighted by Crippen LogP contribution is 2.47. The molecular formula is C30H30N2O8. The fraction of sp³-hybridized carbons (Fsp3) is 0.367. The molecule has 2 aliphatic heterocycles. The zero-order chi connectivity index (χ0) is 27.8. The van der Waals surface area contributed by atoms with E-state index < -0.39 is 41.6 Å². The molecule has 1 saturated heterocycles. The average molecular weight is 547 g/mol. The maximum absolute atomic E-state index is 14.1. The second kappa shape index (κ2) is 10.9. The Kier molecular flexibility index (Phi) is 7.14. The minimum atomic E-state index is -1.22. The van der Waals surface area contributed by atoms with Crippen molar-refractivity contribution in [3.05, 3.63) is 87.8 Å². The lowest BCUT2D eigenvalue weighted by atomic mass is 9.77. The number of fused-ring (bicyclic) bond motifs is 4. The van der Waals surface area contributed by atoms with Gasteiger partial charge < -0.3 is 34.3 Å². The molecule has 0 spiro atoms. The van der Waals surface area contributed by atoms with Crippen molar-refractivity contribution < 1.29 is 33.7 Å². The summed E-state index contributed by atoms with van der Waals surface area (Å²) in [6.45, 7) is 0.443. The van der Waals surface area contributed by atoms with Gasteiger partial charge in [0.15, 0.2) is 0 Å². The SMILES string of the molecule is O=C(NCCO)C1=C[C@@H](N(C[C@H]2CCCO2)C(=O)c2cc3ccccc3oc2=O)[C@H](O)[C@H]2Oc3ccccc3[C@@H]12. The molecule has 3 aromatic rings. The largest absolute Gasteiger partial charge is 0.486 e. The highest BCUT2D eigenvalue weighted by atomic mass is 16.5. The zero-order valence-electron chi connectivity index (χ0n) is 21.7. The first-order valence-corrected chi connectivity index (χ1v) is 13.5. The Morgan fingerprint density at radius 2 is 1.90 bits per heavy atom. The van der Waals surface area contributed by atoms with E-state index in [2.05, 4.69) is 5.32 Å². The predicted molar refractivity (Wildman–Crippen MR) is 144 cm³/mol. The van der Waals surface area contributed by atoms with Gasteiger partial charge in [-0.2, -0.15) is 0 Å². The van der Waals surface area contributed by atoms with Crippen LogP contribution in [0.15, 0.2) is 75.5 Å². The molecule has 0 unspecified atom stereocenters. The maximum Gasteiger partial charge on any atom is 0.349 e. The molecule has 5 atom stereocenters. The number of aliphatic hydroxyl groups excluding tert-OH is 2. The van der Waals surface area contributed by atoms with E-state index in [0.717, 1.165) is 12.0 Å². The van der Waals surface area contributed by atoms with Crippen LogP contribution in [0.25, 0.3) is 11.0 Å². The first-order valence-electron chi connectivity index (χ1n) is 13.5. The molecule has 208 valence electrons. The van der Waals surface area contributed by atoms with E-state index in [1.807, 2.05) is 18.2 Å². The third-order valence-corrected chi connectivity index (χ3v) is 7.79. The zero-order valence-corrected chi connectivity index (χ0v) is 21.7. The van der Waals surface area contributed by atoms with Gasteiger partial charge in [-0.05, 0) is 37.1 Å². The number of nitrogens with zero attached hydrogens (tertiary/aromatic N) is 1. The van der Waals surface area contributed by atoms with Crippen molar-refractivity contribution in [2.75, 3.05) is 26.3 Å². The standard InChI is InChI=1S/C30H30N2O8/c33-12-11-31-28(35)20-15-22(26(34)27-25(20)19-8-2-4-10-24(19)39-27)32(16-18-7-5-13-38-18)29(36)21-14-17-6-1-3-9-23(17)40-30(21)37/h1-4,6,8-10,14-15,18,22,25-27,33-34H,5,7,11-13,16H2,(H,31,35)/t18-,22-,25+,26+,27+/m1/s1. The fourth-order valence-electron chi connectivity index (χ4n) is 5.90. The van der Waals surface area contributed by atoms with Crippen LogP contribution < -0.4 is 15.7 Å².